The Morgan fingerprint density at radius 3 is 2.23 bits per heavy atom. The number of amides is 1. The number of aromatic hydroxyl groups is 1. The van der Waals surface area contributed by atoms with Crippen molar-refractivity contribution in [2.45, 2.75) is 26.1 Å². The zero-order chi connectivity index (χ0) is 22.1. The summed E-state index contributed by atoms with van der Waals surface area (Å²) in [5, 5.41) is 21.0. The second-order valence-electron chi connectivity index (χ2n) is 6.29. The maximum absolute atomic E-state index is 12.5. The first-order valence-corrected chi connectivity index (χ1v) is 9.20. The molecule has 0 aliphatic rings. The fourth-order valence-electron chi connectivity index (χ4n) is 2.65. The molecule has 2 aromatic carbocycles. The second-order valence-corrected chi connectivity index (χ2v) is 6.29. The van der Waals surface area contributed by atoms with Gasteiger partial charge < -0.3 is 19.7 Å². The maximum Gasteiger partial charge on any atom is 0.412 e. The number of ether oxygens (including phenoxy) is 2. The van der Waals surface area contributed by atoms with Crippen LogP contribution >= 0.6 is 0 Å². The molecule has 0 heterocycles. The largest absolute Gasteiger partial charge is 0.508 e. The van der Waals surface area contributed by atoms with E-state index >= 15 is 0 Å². The number of anilines is 1. The molecule has 8 heteroatoms. The predicted molar refractivity (Wildman–Crippen MR) is 110 cm³/mol. The molecule has 0 radical (unpaired) electrons. The Morgan fingerprint density at radius 1 is 1.07 bits per heavy atom. The van der Waals surface area contributed by atoms with Gasteiger partial charge >= 0.3 is 12.1 Å². The summed E-state index contributed by atoms with van der Waals surface area (Å²) >= 11 is 0. The maximum atomic E-state index is 12.5. The van der Waals surface area contributed by atoms with Gasteiger partial charge in [0, 0.05) is 23.9 Å². The van der Waals surface area contributed by atoms with Crippen LogP contribution in [0.2, 0.25) is 0 Å². The normalized spacial score (nSPS) is 12.9. The Hall–Kier alpha value is -3.65. The molecule has 0 aliphatic carbocycles. The number of carboxylic acids is 1. The number of carbonyl (C=O) groups is 3. The van der Waals surface area contributed by atoms with Gasteiger partial charge in [-0.05, 0) is 61.9 Å². The number of carboxylic acid groups (broad SMARTS) is 1. The molecule has 0 fully saturated rings. The van der Waals surface area contributed by atoms with E-state index in [1.54, 1.807) is 43.3 Å². The summed E-state index contributed by atoms with van der Waals surface area (Å²) in [6.45, 7) is 3.42. The molecule has 2 aromatic rings. The number of hydrogen-bond donors (Lipinski definition) is 3. The van der Waals surface area contributed by atoms with Gasteiger partial charge in [0.05, 0.1) is 0 Å². The number of phenolic OH excluding ortho intramolecular Hbond substituents is 1. The van der Waals surface area contributed by atoms with E-state index < -0.39 is 24.3 Å². The van der Waals surface area contributed by atoms with Crippen molar-refractivity contribution in [3.8, 4) is 5.75 Å². The van der Waals surface area contributed by atoms with Gasteiger partial charge in [0.15, 0.2) is 11.9 Å². The Balaban J connectivity index is 2.24. The van der Waals surface area contributed by atoms with Gasteiger partial charge in [-0.3, -0.25) is 10.1 Å². The molecule has 0 unspecified atom stereocenters. The van der Waals surface area contributed by atoms with Crippen LogP contribution < -0.4 is 5.32 Å². The quantitative estimate of drug-likeness (QED) is 0.420. The first-order chi connectivity index (χ1) is 14.3. The summed E-state index contributed by atoms with van der Waals surface area (Å²) in [6, 6.07) is 12.2. The molecule has 3 N–H and O–H groups in total. The second kappa shape index (κ2) is 10.8. The number of hydrogen-bond acceptors (Lipinski definition) is 6. The molecular formula is C22H23NO7. The van der Waals surface area contributed by atoms with E-state index in [-0.39, 0.29) is 18.1 Å². The highest BCUT2D eigenvalue weighted by molar-refractivity contribution is 5.95. The SMILES string of the molecule is CCO[C@H](/C=C/C(=O)O)[C@H](OC(=O)Nc1ccc(C(C)=O)cc1)c1ccc(O)cc1. The van der Waals surface area contributed by atoms with Crippen molar-refractivity contribution in [1.82, 2.24) is 0 Å². The molecular weight excluding hydrogens is 390 g/mol. The lowest BCUT2D eigenvalue weighted by atomic mass is 10.0. The zero-order valence-electron chi connectivity index (χ0n) is 16.6. The van der Waals surface area contributed by atoms with Crippen molar-refractivity contribution in [1.29, 1.82) is 0 Å². The van der Waals surface area contributed by atoms with Gasteiger partial charge in [-0.25, -0.2) is 9.59 Å². The minimum Gasteiger partial charge on any atom is -0.508 e. The Labute approximate surface area is 173 Å². The molecule has 0 aromatic heterocycles. The van der Waals surface area contributed by atoms with Gasteiger partial charge in [0.1, 0.15) is 11.9 Å². The number of Topliss-reactive ketones (excluding diaryl/α,β-unsaturated/α-hetero) is 1. The number of carbonyl (C=O) groups excluding carboxylic acids is 2. The van der Waals surface area contributed by atoms with Gasteiger partial charge in [-0.15, -0.1) is 0 Å². The van der Waals surface area contributed by atoms with E-state index in [1.165, 1.54) is 25.1 Å². The lowest BCUT2D eigenvalue weighted by Gasteiger charge is -2.25. The molecule has 0 aliphatic heterocycles. The summed E-state index contributed by atoms with van der Waals surface area (Å²) in [4.78, 5) is 34.8. The van der Waals surface area contributed by atoms with Crippen LogP contribution in [0, 0.1) is 0 Å². The van der Waals surface area contributed by atoms with E-state index in [0.717, 1.165) is 6.08 Å². The summed E-state index contributed by atoms with van der Waals surface area (Å²) in [6.07, 6.45) is -0.440. The smallest absolute Gasteiger partial charge is 0.412 e. The van der Waals surface area contributed by atoms with Gasteiger partial charge in [0.2, 0.25) is 0 Å². The zero-order valence-corrected chi connectivity index (χ0v) is 16.6. The van der Waals surface area contributed by atoms with E-state index in [2.05, 4.69) is 5.32 Å². The number of nitrogens with one attached hydrogen (secondary N) is 1. The third kappa shape index (κ3) is 6.75. The molecule has 0 bridgehead atoms. The standard InChI is InChI=1S/C22H23NO7/c1-3-29-19(12-13-20(26)27)21(16-6-10-18(25)11-7-16)30-22(28)23-17-8-4-15(5-9-17)14(2)24/h4-13,19,21,25H,3H2,1-2H3,(H,23,28)(H,26,27)/b13-12+/t19-,21-/m1/s1. The van der Waals surface area contributed by atoms with Crippen LogP contribution in [0.5, 0.6) is 5.75 Å². The van der Waals surface area contributed by atoms with Crippen LogP contribution in [-0.4, -0.2) is 40.8 Å². The molecule has 0 saturated heterocycles. The molecule has 2 rings (SSSR count). The molecule has 1 amide bonds. The van der Waals surface area contributed by atoms with E-state index in [4.69, 9.17) is 14.6 Å². The number of ketones is 1. The third-order valence-corrected chi connectivity index (χ3v) is 4.08. The highest BCUT2D eigenvalue weighted by Gasteiger charge is 2.26. The average Bonchev–Trinajstić information content (AvgIpc) is 2.70. The summed E-state index contributed by atoms with van der Waals surface area (Å²) in [5.74, 6) is -1.23. The molecule has 2 atom stereocenters. The highest BCUT2D eigenvalue weighted by Crippen LogP contribution is 2.27. The lowest BCUT2D eigenvalue weighted by Crippen LogP contribution is -2.27. The van der Waals surface area contributed by atoms with Crippen molar-refractivity contribution < 1.29 is 34.1 Å². The van der Waals surface area contributed by atoms with Crippen LogP contribution in [-0.2, 0) is 14.3 Å². The first kappa shape index (κ1) is 22.6. The third-order valence-electron chi connectivity index (χ3n) is 4.08. The van der Waals surface area contributed by atoms with Gasteiger partial charge in [0.25, 0.3) is 0 Å². The topological polar surface area (TPSA) is 122 Å². The molecule has 158 valence electrons. The minimum atomic E-state index is -1.17. The highest BCUT2D eigenvalue weighted by atomic mass is 16.6. The van der Waals surface area contributed by atoms with Crippen molar-refractivity contribution in [3.63, 3.8) is 0 Å². The molecule has 0 saturated carbocycles. The van der Waals surface area contributed by atoms with E-state index in [1.807, 2.05) is 0 Å². The van der Waals surface area contributed by atoms with Crippen molar-refractivity contribution in [2.75, 3.05) is 11.9 Å². The van der Waals surface area contributed by atoms with Crippen molar-refractivity contribution in [3.05, 3.63) is 71.8 Å². The van der Waals surface area contributed by atoms with E-state index in [9.17, 15) is 19.5 Å². The Kier molecular flexibility index (Phi) is 8.13. The van der Waals surface area contributed by atoms with Crippen molar-refractivity contribution in [2.24, 2.45) is 0 Å². The van der Waals surface area contributed by atoms with E-state index in [0.29, 0.717) is 16.8 Å². The molecule has 30 heavy (non-hydrogen) atoms. The molecule has 8 nitrogen and oxygen atoms in total. The predicted octanol–water partition coefficient (Wildman–Crippen LogP) is 3.93. The van der Waals surface area contributed by atoms with Crippen LogP contribution in [0.3, 0.4) is 0 Å². The van der Waals surface area contributed by atoms with Crippen molar-refractivity contribution >= 4 is 23.5 Å². The summed E-state index contributed by atoms with van der Waals surface area (Å²) < 4.78 is 11.1. The Morgan fingerprint density at radius 2 is 1.70 bits per heavy atom. The first-order valence-electron chi connectivity index (χ1n) is 9.20. The van der Waals surface area contributed by atoms with Crippen LogP contribution in [0.25, 0.3) is 0 Å². The summed E-state index contributed by atoms with van der Waals surface area (Å²) in [7, 11) is 0. The van der Waals surface area contributed by atoms with Crippen LogP contribution in [0.4, 0.5) is 10.5 Å². The average molecular weight is 413 g/mol. The fourth-order valence-corrected chi connectivity index (χ4v) is 2.65. The van der Waals surface area contributed by atoms with Gasteiger partial charge in [-0.2, -0.15) is 0 Å². The van der Waals surface area contributed by atoms with Crippen LogP contribution in [0.1, 0.15) is 35.9 Å². The molecule has 0 spiro atoms. The summed E-state index contributed by atoms with van der Waals surface area (Å²) in [5.41, 5.74) is 1.43. The lowest BCUT2D eigenvalue weighted by molar-refractivity contribution is -0.131. The van der Waals surface area contributed by atoms with Gasteiger partial charge in [-0.1, -0.05) is 12.1 Å². The minimum absolute atomic E-state index is 0.0292. The monoisotopic (exact) mass is 413 g/mol. The Bertz CT molecular complexity index is 904. The number of phenols is 1. The number of benzene rings is 2. The number of rotatable bonds is 9. The van der Waals surface area contributed by atoms with Crippen LogP contribution in [0.15, 0.2) is 60.7 Å². The number of aliphatic carboxylic acids is 1. The fraction of sp³-hybridized carbons (Fsp3) is 0.227.